The lowest BCUT2D eigenvalue weighted by Gasteiger charge is -2.23. The van der Waals surface area contributed by atoms with Crippen LogP contribution in [0.15, 0.2) is 0 Å². The smallest absolute Gasteiger partial charge is 0.161 e. The number of Topliss-reactive ketones (excluding diaryl/α,β-unsaturated/α-hetero) is 1. The first-order valence-electron chi connectivity index (χ1n) is 4.01. The van der Waals surface area contributed by atoms with Gasteiger partial charge in [0.1, 0.15) is 6.61 Å². The summed E-state index contributed by atoms with van der Waals surface area (Å²) in [5.41, 5.74) is 0. The van der Waals surface area contributed by atoms with Crippen molar-refractivity contribution >= 4 is 28.4 Å². The standard InChI is InChI=1S/C8H13IO2/c9-7-3-1-6(2-4-7)8(11)5-10/h6-7,10H,1-5H2. The number of aliphatic hydroxyl groups excluding tert-OH is 1. The van der Waals surface area contributed by atoms with Gasteiger partial charge in [-0.2, -0.15) is 0 Å². The molecule has 1 fully saturated rings. The SMILES string of the molecule is O=C(CO)C1CCC(I)CC1. The van der Waals surface area contributed by atoms with E-state index in [9.17, 15) is 4.79 Å². The molecule has 0 unspecified atom stereocenters. The summed E-state index contributed by atoms with van der Waals surface area (Å²) < 4.78 is 0.746. The van der Waals surface area contributed by atoms with Gasteiger partial charge in [0.05, 0.1) is 0 Å². The summed E-state index contributed by atoms with van der Waals surface area (Å²) >= 11 is 2.43. The minimum atomic E-state index is -0.267. The predicted molar refractivity (Wildman–Crippen MR) is 51.9 cm³/mol. The van der Waals surface area contributed by atoms with Crippen molar-refractivity contribution in [3.63, 3.8) is 0 Å². The zero-order valence-electron chi connectivity index (χ0n) is 6.42. The van der Waals surface area contributed by atoms with E-state index in [1.807, 2.05) is 0 Å². The van der Waals surface area contributed by atoms with Crippen molar-refractivity contribution in [1.29, 1.82) is 0 Å². The number of hydrogen-bond acceptors (Lipinski definition) is 2. The molecule has 0 radical (unpaired) electrons. The summed E-state index contributed by atoms with van der Waals surface area (Å²) in [6.45, 7) is -0.267. The molecule has 1 N–H and O–H groups in total. The number of carbonyl (C=O) groups excluding carboxylic acids is 1. The van der Waals surface area contributed by atoms with E-state index in [2.05, 4.69) is 22.6 Å². The minimum absolute atomic E-state index is 0.0355. The molecule has 1 saturated carbocycles. The summed E-state index contributed by atoms with van der Waals surface area (Å²) in [5, 5.41) is 8.60. The van der Waals surface area contributed by atoms with E-state index >= 15 is 0 Å². The normalized spacial score (nSPS) is 31.8. The first-order valence-corrected chi connectivity index (χ1v) is 5.26. The van der Waals surface area contributed by atoms with Crippen LogP contribution in [0.2, 0.25) is 0 Å². The predicted octanol–water partition coefficient (Wildman–Crippen LogP) is 1.54. The summed E-state index contributed by atoms with van der Waals surface area (Å²) in [6.07, 6.45) is 4.23. The molecule has 1 aliphatic rings. The Labute approximate surface area is 80.5 Å². The molecule has 0 bridgehead atoms. The molecule has 3 heteroatoms. The van der Waals surface area contributed by atoms with Gasteiger partial charge in [-0.05, 0) is 25.7 Å². The van der Waals surface area contributed by atoms with Crippen LogP contribution >= 0.6 is 22.6 Å². The van der Waals surface area contributed by atoms with E-state index in [-0.39, 0.29) is 18.3 Å². The molecule has 0 heterocycles. The molecule has 0 amide bonds. The third-order valence-electron chi connectivity index (χ3n) is 2.27. The number of aliphatic hydroxyl groups is 1. The van der Waals surface area contributed by atoms with Crippen LogP contribution in [0.25, 0.3) is 0 Å². The first-order chi connectivity index (χ1) is 5.24. The molecule has 2 nitrogen and oxygen atoms in total. The number of rotatable bonds is 2. The van der Waals surface area contributed by atoms with Crippen LogP contribution in [0.4, 0.5) is 0 Å². The number of halogens is 1. The number of carbonyl (C=O) groups is 1. The van der Waals surface area contributed by atoms with Crippen molar-refractivity contribution in [3.05, 3.63) is 0 Å². The van der Waals surface area contributed by atoms with Gasteiger partial charge in [0.2, 0.25) is 0 Å². The highest BCUT2D eigenvalue weighted by atomic mass is 127. The van der Waals surface area contributed by atoms with Crippen molar-refractivity contribution in [3.8, 4) is 0 Å². The molecule has 0 aromatic carbocycles. The maximum Gasteiger partial charge on any atom is 0.161 e. The van der Waals surface area contributed by atoms with Gasteiger partial charge >= 0.3 is 0 Å². The molecule has 0 aromatic heterocycles. The Bertz CT molecular complexity index is 139. The summed E-state index contributed by atoms with van der Waals surface area (Å²) in [4.78, 5) is 11.0. The average Bonchev–Trinajstić information content (AvgIpc) is 2.05. The maximum atomic E-state index is 11.0. The lowest BCUT2D eigenvalue weighted by atomic mass is 9.86. The first kappa shape index (κ1) is 9.45. The zero-order valence-corrected chi connectivity index (χ0v) is 8.58. The van der Waals surface area contributed by atoms with Crippen LogP contribution in [0.1, 0.15) is 25.7 Å². The van der Waals surface area contributed by atoms with Crippen molar-refractivity contribution in [2.75, 3.05) is 6.61 Å². The largest absolute Gasteiger partial charge is 0.389 e. The van der Waals surface area contributed by atoms with Crippen LogP contribution in [-0.2, 0) is 4.79 Å². The zero-order chi connectivity index (χ0) is 8.27. The second-order valence-corrected chi connectivity index (χ2v) is 4.83. The van der Waals surface area contributed by atoms with E-state index in [4.69, 9.17) is 5.11 Å². The highest BCUT2D eigenvalue weighted by Gasteiger charge is 2.23. The van der Waals surface area contributed by atoms with Gasteiger partial charge in [-0.15, -0.1) is 0 Å². The Morgan fingerprint density at radius 2 is 1.91 bits per heavy atom. The quantitative estimate of drug-likeness (QED) is 0.609. The number of alkyl halides is 1. The Morgan fingerprint density at radius 1 is 1.36 bits per heavy atom. The van der Waals surface area contributed by atoms with E-state index in [0.717, 1.165) is 29.6 Å². The van der Waals surface area contributed by atoms with Gasteiger partial charge in [-0.1, -0.05) is 22.6 Å². The van der Waals surface area contributed by atoms with Crippen molar-refractivity contribution in [2.24, 2.45) is 5.92 Å². The third-order valence-corrected chi connectivity index (χ3v) is 3.51. The van der Waals surface area contributed by atoms with Gasteiger partial charge in [-0.3, -0.25) is 4.79 Å². The minimum Gasteiger partial charge on any atom is -0.389 e. The van der Waals surface area contributed by atoms with Gasteiger partial charge < -0.3 is 5.11 Å². The Kier molecular flexibility index (Phi) is 3.78. The fourth-order valence-corrected chi connectivity index (χ4v) is 2.22. The number of ketones is 1. The van der Waals surface area contributed by atoms with Crippen LogP contribution in [0.3, 0.4) is 0 Å². The monoisotopic (exact) mass is 268 g/mol. The lowest BCUT2D eigenvalue weighted by Crippen LogP contribution is -2.23. The van der Waals surface area contributed by atoms with Gasteiger partial charge in [0, 0.05) is 9.84 Å². The van der Waals surface area contributed by atoms with E-state index in [1.165, 1.54) is 0 Å². The van der Waals surface area contributed by atoms with Gasteiger partial charge in [0.25, 0.3) is 0 Å². The summed E-state index contributed by atoms with van der Waals surface area (Å²) in [7, 11) is 0. The molecule has 11 heavy (non-hydrogen) atoms. The van der Waals surface area contributed by atoms with E-state index in [0.29, 0.717) is 0 Å². The fourth-order valence-electron chi connectivity index (χ4n) is 1.50. The topological polar surface area (TPSA) is 37.3 Å². The fraction of sp³-hybridized carbons (Fsp3) is 0.875. The lowest BCUT2D eigenvalue weighted by molar-refractivity contribution is -0.126. The second-order valence-electron chi connectivity index (χ2n) is 3.07. The Hall–Kier alpha value is 0.360. The molecular formula is C8H13IO2. The van der Waals surface area contributed by atoms with Gasteiger partial charge in [-0.25, -0.2) is 0 Å². The van der Waals surface area contributed by atoms with Crippen LogP contribution < -0.4 is 0 Å². The van der Waals surface area contributed by atoms with Crippen molar-refractivity contribution in [1.82, 2.24) is 0 Å². The summed E-state index contributed by atoms with van der Waals surface area (Å²) in [6, 6.07) is 0. The maximum absolute atomic E-state index is 11.0. The third kappa shape index (κ3) is 2.71. The van der Waals surface area contributed by atoms with E-state index < -0.39 is 0 Å². The Morgan fingerprint density at radius 3 is 2.36 bits per heavy atom. The van der Waals surface area contributed by atoms with Crippen LogP contribution in [0, 0.1) is 5.92 Å². The molecule has 0 spiro atoms. The average molecular weight is 268 g/mol. The van der Waals surface area contributed by atoms with Crippen LogP contribution in [-0.4, -0.2) is 21.4 Å². The van der Waals surface area contributed by atoms with E-state index in [1.54, 1.807) is 0 Å². The highest BCUT2D eigenvalue weighted by Crippen LogP contribution is 2.29. The van der Waals surface area contributed by atoms with Crippen molar-refractivity contribution < 1.29 is 9.90 Å². The number of hydrogen-bond donors (Lipinski definition) is 1. The highest BCUT2D eigenvalue weighted by molar-refractivity contribution is 14.1. The van der Waals surface area contributed by atoms with Crippen LogP contribution in [0.5, 0.6) is 0 Å². The molecule has 0 aromatic rings. The molecular weight excluding hydrogens is 255 g/mol. The molecule has 0 aliphatic heterocycles. The molecule has 1 rings (SSSR count). The second kappa shape index (κ2) is 4.40. The molecule has 0 saturated heterocycles. The molecule has 64 valence electrons. The molecule has 0 atom stereocenters. The summed E-state index contributed by atoms with van der Waals surface area (Å²) in [5.74, 6) is 0.194. The Balaban J connectivity index is 2.33. The molecule has 1 aliphatic carbocycles. The van der Waals surface area contributed by atoms with Gasteiger partial charge in [0.15, 0.2) is 5.78 Å². The van der Waals surface area contributed by atoms with Crippen molar-refractivity contribution in [2.45, 2.75) is 29.6 Å².